The third kappa shape index (κ3) is 8.03. The van der Waals surface area contributed by atoms with Crippen molar-refractivity contribution in [1.29, 1.82) is 0 Å². The van der Waals surface area contributed by atoms with Crippen LogP contribution in [0.4, 0.5) is 0 Å². The van der Waals surface area contributed by atoms with E-state index in [2.05, 4.69) is 59.1 Å². The van der Waals surface area contributed by atoms with E-state index in [0.717, 1.165) is 54.3 Å². The fourth-order valence-electron chi connectivity index (χ4n) is 4.69. The second kappa shape index (κ2) is 13.9. The number of rotatable bonds is 16. The summed E-state index contributed by atoms with van der Waals surface area (Å²) in [6, 6.07) is 9.59. The lowest BCUT2D eigenvalue weighted by Gasteiger charge is -2.42. The van der Waals surface area contributed by atoms with Gasteiger partial charge in [-0.1, -0.05) is 40.7 Å². The van der Waals surface area contributed by atoms with Crippen molar-refractivity contribution in [2.45, 2.75) is 97.6 Å². The molecule has 0 amide bonds. The molecule has 0 saturated carbocycles. The highest BCUT2D eigenvalue weighted by Crippen LogP contribution is 2.36. The maximum Gasteiger partial charge on any atom is 0.336 e. The highest BCUT2D eigenvalue weighted by molar-refractivity contribution is 7.10. The Labute approximate surface area is 226 Å². The van der Waals surface area contributed by atoms with Crippen molar-refractivity contribution in [3.63, 3.8) is 0 Å². The van der Waals surface area contributed by atoms with Crippen LogP contribution in [0.25, 0.3) is 5.57 Å². The van der Waals surface area contributed by atoms with Crippen molar-refractivity contribution in [2.24, 2.45) is 0 Å². The van der Waals surface area contributed by atoms with Gasteiger partial charge in [0.25, 0.3) is 0 Å². The molecule has 0 aliphatic carbocycles. The highest BCUT2D eigenvalue weighted by Gasteiger charge is 2.38. The van der Waals surface area contributed by atoms with E-state index in [1.54, 1.807) is 11.3 Å². The third-order valence-corrected chi connectivity index (χ3v) is 13.3. The molecule has 0 aliphatic rings. The number of ether oxygens (including phenoxy) is 1. The van der Waals surface area contributed by atoms with Crippen molar-refractivity contribution in [3.8, 4) is 5.75 Å². The quantitative estimate of drug-likeness (QED) is 0.205. The van der Waals surface area contributed by atoms with E-state index in [4.69, 9.17) is 9.16 Å². The van der Waals surface area contributed by atoms with E-state index < -0.39 is 20.3 Å². The number of hydrogen-bond donors (Lipinski definition) is 2. The van der Waals surface area contributed by atoms with Gasteiger partial charge in [-0.3, -0.25) is 0 Å². The predicted octanol–water partition coefficient (Wildman–Crippen LogP) is 8.49. The van der Waals surface area contributed by atoms with Crippen LogP contribution in [0.1, 0.15) is 98.4 Å². The van der Waals surface area contributed by atoms with Crippen molar-refractivity contribution in [1.82, 2.24) is 0 Å². The largest absolute Gasteiger partial charge is 0.488 e. The Morgan fingerprint density at radius 3 is 2.14 bits per heavy atom. The van der Waals surface area contributed by atoms with Gasteiger partial charge >= 0.3 is 11.9 Å². The minimum absolute atomic E-state index is 0.0519. The molecular formula is C29H42O6SSi. The summed E-state index contributed by atoms with van der Waals surface area (Å²) in [6.07, 6.45) is 6.34. The number of carbonyl (C=O) groups is 2. The smallest absolute Gasteiger partial charge is 0.336 e. The number of benzene rings is 1. The van der Waals surface area contributed by atoms with E-state index in [-0.39, 0.29) is 23.3 Å². The Bertz CT molecular complexity index is 1070. The van der Waals surface area contributed by atoms with Crippen molar-refractivity contribution >= 4 is 37.2 Å². The summed E-state index contributed by atoms with van der Waals surface area (Å²) < 4.78 is 12.8. The van der Waals surface area contributed by atoms with Gasteiger partial charge in [-0.25, -0.2) is 9.59 Å². The molecule has 0 radical (unpaired) electrons. The topological polar surface area (TPSA) is 93.1 Å². The Hall–Kier alpha value is -2.42. The number of allylic oxidation sites excluding steroid dienone is 2. The van der Waals surface area contributed by atoms with E-state index >= 15 is 0 Å². The molecule has 0 bridgehead atoms. The van der Waals surface area contributed by atoms with Gasteiger partial charge in [0.15, 0.2) is 8.32 Å². The zero-order valence-electron chi connectivity index (χ0n) is 23.1. The van der Waals surface area contributed by atoms with Crippen LogP contribution in [-0.4, -0.2) is 36.1 Å². The van der Waals surface area contributed by atoms with Gasteiger partial charge < -0.3 is 19.4 Å². The van der Waals surface area contributed by atoms with Gasteiger partial charge in [0.05, 0.1) is 16.7 Å². The van der Waals surface area contributed by atoms with Crippen LogP contribution in [0.3, 0.4) is 0 Å². The van der Waals surface area contributed by atoms with E-state index in [0.29, 0.717) is 5.75 Å². The van der Waals surface area contributed by atoms with Crippen LogP contribution in [-0.2, 0) is 11.0 Å². The third-order valence-electron chi connectivity index (χ3n) is 7.65. The van der Waals surface area contributed by atoms with Crippen LogP contribution in [0.5, 0.6) is 5.75 Å². The summed E-state index contributed by atoms with van der Waals surface area (Å²) in [7, 11) is -1.68. The SMILES string of the molecule is CCC(CC)(CCC=C(C)c1csc(COc2ccc(C(=O)O)c(C(=O)O)c2)c1)O[Si](CC)(CC)CC. The maximum atomic E-state index is 11.4. The first kappa shape index (κ1) is 30.8. The molecule has 0 spiro atoms. The lowest BCUT2D eigenvalue weighted by atomic mass is 9.91. The number of aromatic carboxylic acids is 2. The monoisotopic (exact) mass is 546 g/mol. The summed E-state index contributed by atoms with van der Waals surface area (Å²) in [4.78, 5) is 23.6. The zero-order chi connectivity index (χ0) is 27.6. The minimum atomic E-state index is -1.68. The van der Waals surface area contributed by atoms with Crippen molar-refractivity contribution in [2.75, 3.05) is 0 Å². The fourth-order valence-corrected chi connectivity index (χ4v) is 8.79. The van der Waals surface area contributed by atoms with Crippen LogP contribution in [0, 0.1) is 0 Å². The standard InChI is InChI=1S/C29H42O6SSi/c1-7-29(8-2,35-37(9-3,10-4)11-5)16-12-13-21(6)22-17-24(36-20-22)19-34-23-14-15-25(27(30)31)26(18-23)28(32)33/h13-15,17-18,20H,7-12,16,19H2,1-6H3,(H,30,31)(H,32,33). The van der Waals surface area contributed by atoms with Crippen LogP contribution < -0.4 is 4.74 Å². The van der Waals surface area contributed by atoms with Crippen molar-refractivity contribution < 1.29 is 29.0 Å². The van der Waals surface area contributed by atoms with E-state index in [1.165, 1.54) is 23.8 Å². The van der Waals surface area contributed by atoms with E-state index in [9.17, 15) is 19.8 Å². The number of carboxylic acid groups (broad SMARTS) is 2. The molecule has 2 aromatic rings. The summed E-state index contributed by atoms with van der Waals surface area (Å²) in [5.74, 6) is -2.25. The number of hydrogen-bond acceptors (Lipinski definition) is 5. The molecule has 1 heterocycles. The molecular weight excluding hydrogens is 504 g/mol. The molecule has 0 saturated heterocycles. The zero-order valence-corrected chi connectivity index (χ0v) is 24.9. The van der Waals surface area contributed by atoms with Crippen molar-refractivity contribution in [3.05, 3.63) is 57.3 Å². The number of carboxylic acids is 2. The molecule has 2 N–H and O–H groups in total. The fraction of sp³-hybridized carbons (Fsp3) is 0.517. The molecule has 37 heavy (non-hydrogen) atoms. The maximum absolute atomic E-state index is 11.4. The number of thiophene rings is 1. The van der Waals surface area contributed by atoms with Crippen LogP contribution in [0.15, 0.2) is 35.7 Å². The normalized spacial score (nSPS) is 12.5. The van der Waals surface area contributed by atoms with Gasteiger partial charge in [-0.2, -0.15) is 0 Å². The van der Waals surface area contributed by atoms with Crippen LogP contribution in [0.2, 0.25) is 18.1 Å². The molecule has 0 fully saturated rings. The highest BCUT2D eigenvalue weighted by atomic mass is 32.1. The molecule has 1 aromatic heterocycles. The molecule has 0 atom stereocenters. The molecule has 0 aliphatic heterocycles. The Morgan fingerprint density at radius 2 is 1.59 bits per heavy atom. The molecule has 2 rings (SSSR count). The molecule has 204 valence electrons. The van der Waals surface area contributed by atoms with Gasteiger partial charge in [-0.15, -0.1) is 11.3 Å². The lowest BCUT2D eigenvalue weighted by molar-refractivity contribution is 0.0397. The van der Waals surface area contributed by atoms with Gasteiger partial charge in [0, 0.05) is 4.88 Å². The first-order chi connectivity index (χ1) is 17.6. The first-order valence-electron chi connectivity index (χ1n) is 13.3. The van der Waals surface area contributed by atoms with Crippen LogP contribution >= 0.6 is 11.3 Å². The Morgan fingerprint density at radius 1 is 0.973 bits per heavy atom. The first-order valence-corrected chi connectivity index (χ1v) is 16.7. The average molecular weight is 547 g/mol. The summed E-state index contributed by atoms with van der Waals surface area (Å²) in [5.41, 5.74) is 1.77. The minimum Gasteiger partial charge on any atom is -0.488 e. The molecule has 1 aromatic carbocycles. The Balaban J connectivity index is 2.04. The van der Waals surface area contributed by atoms with E-state index in [1.807, 2.05) is 0 Å². The second-order valence-electron chi connectivity index (χ2n) is 9.57. The second-order valence-corrected chi connectivity index (χ2v) is 15.3. The van der Waals surface area contributed by atoms with Gasteiger partial charge in [0.1, 0.15) is 12.4 Å². The summed E-state index contributed by atoms with van der Waals surface area (Å²) >= 11 is 1.59. The predicted molar refractivity (Wildman–Crippen MR) is 153 cm³/mol. The molecule has 8 heteroatoms. The lowest BCUT2D eigenvalue weighted by Crippen LogP contribution is -2.46. The molecule has 6 nitrogen and oxygen atoms in total. The summed E-state index contributed by atoms with van der Waals surface area (Å²) in [5, 5.41) is 20.6. The molecule has 0 unspecified atom stereocenters. The van der Waals surface area contributed by atoms with Gasteiger partial charge in [0.2, 0.25) is 0 Å². The van der Waals surface area contributed by atoms with Gasteiger partial charge in [-0.05, 0) is 91.5 Å². The Kier molecular flexibility index (Phi) is 11.6. The average Bonchev–Trinajstić information content (AvgIpc) is 3.39. The summed E-state index contributed by atoms with van der Waals surface area (Å²) in [6.45, 7) is 13.8.